The molecule has 3 N–H and O–H groups in total. The first-order chi connectivity index (χ1) is 15.3. The van der Waals surface area contributed by atoms with Gasteiger partial charge in [-0.1, -0.05) is 11.6 Å². The summed E-state index contributed by atoms with van der Waals surface area (Å²) in [5.74, 6) is 0.384. The molecule has 4 rings (SSSR count). The molecule has 4 aromatic rings. The van der Waals surface area contributed by atoms with Gasteiger partial charge in [-0.2, -0.15) is 13.2 Å². The molecule has 0 aliphatic rings. The summed E-state index contributed by atoms with van der Waals surface area (Å²) in [6.07, 6.45) is -0.948. The SMILES string of the molecule is OC[C@@H](O)c1cnc(-c2cnc3c(Nc4ccc(C(F)(F)F)cc4)nccc3c2)c(Cl)c1. The van der Waals surface area contributed by atoms with Gasteiger partial charge < -0.3 is 15.5 Å². The second-order valence-corrected chi connectivity index (χ2v) is 7.36. The Morgan fingerprint density at radius 1 is 1.00 bits per heavy atom. The van der Waals surface area contributed by atoms with E-state index in [1.165, 1.54) is 24.4 Å². The van der Waals surface area contributed by atoms with Crippen molar-refractivity contribution in [2.24, 2.45) is 0 Å². The van der Waals surface area contributed by atoms with Crippen molar-refractivity contribution in [2.45, 2.75) is 12.3 Å². The number of halogens is 4. The zero-order valence-corrected chi connectivity index (χ0v) is 17.1. The minimum absolute atomic E-state index is 0.285. The molecule has 10 heteroatoms. The predicted octanol–water partition coefficient (Wildman–Crippen LogP) is 5.13. The molecule has 164 valence electrons. The molecule has 0 unspecified atom stereocenters. The van der Waals surface area contributed by atoms with Crippen molar-refractivity contribution < 1.29 is 23.4 Å². The van der Waals surface area contributed by atoms with Gasteiger partial charge in [-0.15, -0.1) is 0 Å². The van der Waals surface area contributed by atoms with Gasteiger partial charge in [-0.05, 0) is 42.5 Å². The number of nitrogens with zero attached hydrogens (tertiary/aromatic N) is 3. The second kappa shape index (κ2) is 8.70. The number of aliphatic hydroxyl groups excluding tert-OH is 2. The van der Waals surface area contributed by atoms with E-state index in [1.54, 1.807) is 24.5 Å². The summed E-state index contributed by atoms with van der Waals surface area (Å²) in [5, 5.41) is 22.8. The van der Waals surface area contributed by atoms with Crippen molar-refractivity contribution in [3.8, 4) is 11.3 Å². The Morgan fingerprint density at radius 2 is 1.75 bits per heavy atom. The maximum absolute atomic E-state index is 12.8. The van der Waals surface area contributed by atoms with Crippen molar-refractivity contribution in [3.63, 3.8) is 0 Å². The molecular formula is C22H16ClF3N4O2. The quantitative estimate of drug-likeness (QED) is 0.382. The van der Waals surface area contributed by atoms with Crippen LogP contribution in [-0.2, 0) is 6.18 Å². The average molecular weight is 461 g/mol. The molecule has 3 heterocycles. The maximum atomic E-state index is 12.8. The van der Waals surface area contributed by atoms with Gasteiger partial charge >= 0.3 is 6.18 Å². The fourth-order valence-corrected chi connectivity index (χ4v) is 3.40. The van der Waals surface area contributed by atoms with E-state index in [0.717, 1.165) is 12.1 Å². The monoisotopic (exact) mass is 460 g/mol. The van der Waals surface area contributed by atoms with Gasteiger partial charge in [0, 0.05) is 40.8 Å². The minimum atomic E-state index is -4.40. The molecule has 6 nitrogen and oxygen atoms in total. The first kappa shape index (κ1) is 21.9. The van der Waals surface area contributed by atoms with Crippen LogP contribution in [0.3, 0.4) is 0 Å². The third kappa shape index (κ3) is 4.50. The van der Waals surface area contributed by atoms with Crippen LogP contribution < -0.4 is 5.32 Å². The van der Waals surface area contributed by atoms with Crippen molar-refractivity contribution in [1.82, 2.24) is 15.0 Å². The molecule has 0 fully saturated rings. The van der Waals surface area contributed by atoms with Gasteiger partial charge in [0.05, 0.1) is 22.9 Å². The van der Waals surface area contributed by atoms with Crippen molar-refractivity contribution in [1.29, 1.82) is 0 Å². The number of benzene rings is 1. The van der Waals surface area contributed by atoms with Gasteiger partial charge in [0.25, 0.3) is 0 Å². The lowest BCUT2D eigenvalue weighted by Gasteiger charge is -2.12. The Balaban J connectivity index is 1.64. The molecule has 0 spiro atoms. The van der Waals surface area contributed by atoms with Crippen LogP contribution in [0, 0.1) is 0 Å². The third-order valence-corrected chi connectivity index (χ3v) is 5.06. The van der Waals surface area contributed by atoms with Crippen LogP contribution in [0.4, 0.5) is 24.7 Å². The van der Waals surface area contributed by atoms with E-state index in [-0.39, 0.29) is 5.02 Å². The first-order valence-electron chi connectivity index (χ1n) is 9.40. The number of aliphatic hydroxyl groups is 2. The maximum Gasteiger partial charge on any atom is 0.416 e. The van der Waals surface area contributed by atoms with Crippen LogP contribution in [0.25, 0.3) is 22.2 Å². The molecular weight excluding hydrogens is 445 g/mol. The van der Waals surface area contributed by atoms with Crippen LogP contribution in [0.5, 0.6) is 0 Å². The number of pyridine rings is 3. The zero-order valence-electron chi connectivity index (χ0n) is 16.3. The molecule has 3 aromatic heterocycles. The molecule has 0 aliphatic heterocycles. The van der Waals surface area contributed by atoms with Gasteiger partial charge in [0.2, 0.25) is 0 Å². The standard InChI is InChI=1S/C22H16ClF3N4O2/c23-17-8-13(18(32)11-31)9-28-19(17)14-7-12-5-6-27-21(20(12)29-10-14)30-16-3-1-15(2-4-16)22(24,25)26/h1-10,18,31-32H,11H2,(H,27,30)/t18-/m1/s1. The Bertz CT molecular complexity index is 1270. The van der Waals surface area contributed by atoms with Crippen molar-refractivity contribution in [2.75, 3.05) is 11.9 Å². The number of hydrogen-bond donors (Lipinski definition) is 3. The number of hydrogen-bond acceptors (Lipinski definition) is 6. The molecule has 0 radical (unpaired) electrons. The topological polar surface area (TPSA) is 91.2 Å². The van der Waals surface area contributed by atoms with Crippen LogP contribution in [-0.4, -0.2) is 31.8 Å². The van der Waals surface area contributed by atoms with Gasteiger partial charge in [0.1, 0.15) is 11.6 Å². The lowest BCUT2D eigenvalue weighted by atomic mass is 10.1. The average Bonchev–Trinajstić information content (AvgIpc) is 2.78. The van der Waals surface area contributed by atoms with Crippen LogP contribution >= 0.6 is 11.6 Å². The molecule has 32 heavy (non-hydrogen) atoms. The number of aromatic nitrogens is 3. The Morgan fingerprint density at radius 3 is 2.41 bits per heavy atom. The highest BCUT2D eigenvalue weighted by Crippen LogP contribution is 2.32. The molecule has 1 aromatic carbocycles. The molecule has 0 saturated carbocycles. The third-order valence-electron chi connectivity index (χ3n) is 4.77. The highest BCUT2D eigenvalue weighted by atomic mass is 35.5. The summed E-state index contributed by atoms with van der Waals surface area (Å²) >= 11 is 6.31. The highest BCUT2D eigenvalue weighted by molar-refractivity contribution is 6.33. The number of alkyl halides is 3. The summed E-state index contributed by atoms with van der Waals surface area (Å²) < 4.78 is 38.3. The summed E-state index contributed by atoms with van der Waals surface area (Å²) in [4.78, 5) is 13.0. The molecule has 0 saturated heterocycles. The summed E-state index contributed by atoms with van der Waals surface area (Å²) in [7, 11) is 0. The van der Waals surface area contributed by atoms with Gasteiger partial charge in [0.15, 0.2) is 5.82 Å². The van der Waals surface area contributed by atoms with Crippen LogP contribution in [0.15, 0.2) is 61.1 Å². The summed E-state index contributed by atoms with van der Waals surface area (Å²) in [6, 6.07) is 9.70. The molecule has 0 bridgehead atoms. The first-order valence-corrected chi connectivity index (χ1v) is 9.78. The van der Waals surface area contributed by atoms with E-state index in [9.17, 15) is 18.3 Å². The van der Waals surface area contributed by atoms with E-state index >= 15 is 0 Å². The molecule has 0 aliphatic carbocycles. The number of anilines is 2. The highest BCUT2D eigenvalue weighted by Gasteiger charge is 2.30. The molecule has 0 amide bonds. The lowest BCUT2D eigenvalue weighted by molar-refractivity contribution is -0.137. The molecule has 1 atom stereocenters. The van der Waals surface area contributed by atoms with Crippen LogP contribution in [0.1, 0.15) is 17.2 Å². The zero-order chi connectivity index (χ0) is 22.9. The van der Waals surface area contributed by atoms with E-state index in [0.29, 0.717) is 39.2 Å². The predicted molar refractivity (Wildman–Crippen MR) is 115 cm³/mol. The number of rotatable bonds is 5. The lowest BCUT2D eigenvalue weighted by Crippen LogP contribution is -2.04. The van der Waals surface area contributed by atoms with E-state index < -0.39 is 24.5 Å². The summed E-state index contributed by atoms with van der Waals surface area (Å²) in [6.45, 7) is -0.448. The fourth-order valence-electron chi connectivity index (χ4n) is 3.11. The van der Waals surface area contributed by atoms with Crippen LogP contribution in [0.2, 0.25) is 5.02 Å². The number of nitrogens with one attached hydrogen (secondary N) is 1. The number of fused-ring (bicyclic) bond motifs is 1. The largest absolute Gasteiger partial charge is 0.416 e. The smallest absolute Gasteiger partial charge is 0.393 e. The Hall–Kier alpha value is -3.27. The van der Waals surface area contributed by atoms with Crippen molar-refractivity contribution in [3.05, 3.63) is 77.2 Å². The Labute approximate surface area is 185 Å². The minimum Gasteiger partial charge on any atom is -0.393 e. The fraction of sp³-hybridized carbons (Fsp3) is 0.136. The van der Waals surface area contributed by atoms with Gasteiger partial charge in [-0.3, -0.25) is 9.97 Å². The van der Waals surface area contributed by atoms with E-state index in [4.69, 9.17) is 16.7 Å². The second-order valence-electron chi connectivity index (χ2n) is 6.95. The van der Waals surface area contributed by atoms with E-state index in [1.807, 2.05) is 0 Å². The van der Waals surface area contributed by atoms with Gasteiger partial charge in [-0.25, -0.2) is 4.98 Å². The van der Waals surface area contributed by atoms with E-state index in [2.05, 4.69) is 20.3 Å². The Kier molecular flexibility index (Phi) is 5.96. The summed E-state index contributed by atoms with van der Waals surface area (Å²) in [5.41, 5.74) is 1.68. The normalized spacial score (nSPS) is 12.7. The van der Waals surface area contributed by atoms with Crippen molar-refractivity contribution >= 4 is 34.0 Å².